The van der Waals surface area contributed by atoms with Gasteiger partial charge >= 0.3 is 5.97 Å². The fraction of sp³-hybridized carbons (Fsp3) is 0.786. The fourth-order valence-corrected chi connectivity index (χ4v) is 2.51. The number of hydrogen-bond acceptors (Lipinski definition) is 5. The summed E-state index contributed by atoms with van der Waals surface area (Å²) in [5.74, 6) is 0.778. The van der Waals surface area contributed by atoms with Crippen LogP contribution in [0.25, 0.3) is 0 Å². The summed E-state index contributed by atoms with van der Waals surface area (Å²) >= 11 is 0. The molecule has 6 heteroatoms. The maximum Gasteiger partial charge on any atom is 0.323 e. The molecule has 0 bridgehead atoms. The Hall–Kier alpha value is -1.43. The maximum absolute atomic E-state index is 12.2. The van der Waals surface area contributed by atoms with Crippen LogP contribution >= 0.6 is 0 Å². The van der Waals surface area contributed by atoms with Gasteiger partial charge in [0.1, 0.15) is 23.8 Å². The minimum Gasteiger partial charge on any atom is -0.459 e. The molecule has 6 nitrogen and oxygen atoms in total. The molecule has 1 aromatic rings. The quantitative estimate of drug-likeness (QED) is 0.784. The SMILES string of the molecule is CCn1ncnc1CN1CCC[C@@H]1C(=O)OC(C)(C)C. The molecule has 20 heavy (non-hydrogen) atoms. The average Bonchev–Trinajstić information content (AvgIpc) is 2.96. The van der Waals surface area contributed by atoms with E-state index < -0.39 is 5.60 Å². The third-order valence-corrected chi connectivity index (χ3v) is 3.38. The lowest BCUT2D eigenvalue weighted by Gasteiger charge is -2.27. The Bertz CT molecular complexity index is 464. The molecule has 0 saturated carbocycles. The number of esters is 1. The summed E-state index contributed by atoms with van der Waals surface area (Å²) in [6, 6.07) is -0.156. The van der Waals surface area contributed by atoms with Gasteiger partial charge in [-0.05, 0) is 47.1 Å². The Morgan fingerprint density at radius 3 is 2.90 bits per heavy atom. The molecule has 0 amide bonds. The van der Waals surface area contributed by atoms with E-state index in [-0.39, 0.29) is 12.0 Å². The molecule has 0 aromatic carbocycles. The number of hydrogen-bond donors (Lipinski definition) is 0. The number of rotatable bonds is 4. The molecule has 0 N–H and O–H groups in total. The second kappa shape index (κ2) is 5.91. The van der Waals surface area contributed by atoms with Gasteiger partial charge in [0.2, 0.25) is 0 Å². The number of likely N-dealkylation sites (tertiary alicyclic amines) is 1. The highest BCUT2D eigenvalue weighted by atomic mass is 16.6. The van der Waals surface area contributed by atoms with Crippen LogP contribution in [0.1, 0.15) is 46.4 Å². The smallest absolute Gasteiger partial charge is 0.323 e. The van der Waals surface area contributed by atoms with E-state index in [0.29, 0.717) is 6.54 Å². The van der Waals surface area contributed by atoms with E-state index in [0.717, 1.165) is 31.8 Å². The van der Waals surface area contributed by atoms with Crippen molar-refractivity contribution < 1.29 is 9.53 Å². The minimum atomic E-state index is -0.436. The van der Waals surface area contributed by atoms with Crippen molar-refractivity contribution >= 4 is 5.97 Å². The van der Waals surface area contributed by atoms with Crippen LogP contribution in [0, 0.1) is 0 Å². The predicted octanol–water partition coefficient (Wildman–Crippen LogP) is 1.60. The van der Waals surface area contributed by atoms with Gasteiger partial charge in [0.15, 0.2) is 0 Å². The molecule has 1 aromatic heterocycles. The molecule has 0 spiro atoms. The van der Waals surface area contributed by atoms with Gasteiger partial charge in [-0.25, -0.2) is 9.67 Å². The summed E-state index contributed by atoms with van der Waals surface area (Å²) < 4.78 is 7.37. The van der Waals surface area contributed by atoms with E-state index in [1.165, 1.54) is 0 Å². The van der Waals surface area contributed by atoms with E-state index in [1.807, 2.05) is 32.4 Å². The summed E-state index contributed by atoms with van der Waals surface area (Å²) in [5.41, 5.74) is -0.436. The average molecular weight is 280 g/mol. The molecule has 1 aliphatic heterocycles. The maximum atomic E-state index is 12.2. The van der Waals surface area contributed by atoms with E-state index in [9.17, 15) is 4.79 Å². The highest BCUT2D eigenvalue weighted by molar-refractivity contribution is 5.76. The molecule has 112 valence electrons. The molecule has 0 unspecified atom stereocenters. The van der Waals surface area contributed by atoms with E-state index in [2.05, 4.69) is 15.0 Å². The first-order chi connectivity index (χ1) is 9.40. The lowest BCUT2D eigenvalue weighted by atomic mass is 10.1. The van der Waals surface area contributed by atoms with Gasteiger partial charge in [0, 0.05) is 6.54 Å². The van der Waals surface area contributed by atoms with Gasteiger partial charge in [-0.2, -0.15) is 5.10 Å². The first kappa shape index (κ1) is 15.0. The highest BCUT2D eigenvalue weighted by Crippen LogP contribution is 2.22. The molecule has 1 fully saturated rings. The molecule has 2 heterocycles. The Morgan fingerprint density at radius 1 is 1.50 bits per heavy atom. The minimum absolute atomic E-state index is 0.127. The molecule has 1 aliphatic rings. The number of nitrogens with zero attached hydrogens (tertiary/aromatic N) is 4. The summed E-state index contributed by atoms with van der Waals surface area (Å²) in [6.07, 6.45) is 3.44. The topological polar surface area (TPSA) is 60.2 Å². The Morgan fingerprint density at radius 2 is 2.25 bits per heavy atom. The number of carbonyl (C=O) groups is 1. The lowest BCUT2D eigenvalue weighted by molar-refractivity contribution is -0.160. The molecule has 2 rings (SSSR count). The van der Waals surface area contributed by atoms with E-state index in [4.69, 9.17) is 4.74 Å². The van der Waals surface area contributed by atoms with Crippen molar-refractivity contribution in [3.63, 3.8) is 0 Å². The third kappa shape index (κ3) is 3.56. The van der Waals surface area contributed by atoms with Crippen LogP contribution in [0.5, 0.6) is 0 Å². The number of ether oxygens (including phenoxy) is 1. The van der Waals surface area contributed by atoms with Gasteiger partial charge in [0.05, 0.1) is 6.54 Å². The van der Waals surface area contributed by atoms with Crippen molar-refractivity contribution in [3.8, 4) is 0 Å². The van der Waals surface area contributed by atoms with Crippen LogP contribution in [-0.4, -0.2) is 43.8 Å². The van der Waals surface area contributed by atoms with Crippen LogP contribution in [0.2, 0.25) is 0 Å². The Labute approximate surface area is 120 Å². The lowest BCUT2D eigenvalue weighted by Crippen LogP contribution is -2.40. The van der Waals surface area contributed by atoms with Crippen LogP contribution < -0.4 is 0 Å². The second-order valence-electron chi connectivity index (χ2n) is 6.15. The zero-order chi connectivity index (χ0) is 14.8. The molecule has 1 atom stereocenters. The van der Waals surface area contributed by atoms with Crippen molar-refractivity contribution in [2.24, 2.45) is 0 Å². The van der Waals surface area contributed by atoms with Crippen molar-refractivity contribution in [2.45, 2.75) is 65.3 Å². The first-order valence-corrected chi connectivity index (χ1v) is 7.24. The standard InChI is InChI=1S/C14H24N4O2/c1-5-18-12(15-10-16-18)9-17-8-6-7-11(17)13(19)20-14(2,3)4/h10-11H,5-9H2,1-4H3/t11-/m1/s1. The summed E-state index contributed by atoms with van der Waals surface area (Å²) in [4.78, 5) is 18.7. The van der Waals surface area contributed by atoms with Crippen LogP contribution in [0.3, 0.4) is 0 Å². The van der Waals surface area contributed by atoms with E-state index >= 15 is 0 Å². The normalized spacial score (nSPS) is 20.3. The van der Waals surface area contributed by atoms with Crippen molar-refractivity contribution in [2.75, 3.05) is 6.54 Å². The molecular weight excluding hydrogens is 256 g/mol. The van der Waals surface area contributed by atoms with Crippen molar-refractivity contribution in [1.29, 1.82) is 0 Å². The van der Waals surface area contributed by atoms with Crippen molar-refractivity contribution in [1.82, 2.24) is 19.7 Å². The van der Waals surface area contributed by atoms with E-state index in [1.54, 1.807) is 6.33 Å². The molecular formula is C14H24N4O2. The van der Waals surface area contributed by atoms with Gasteiger partial charge < -0.3 is 4.74 Å². The van der Waals surface area contributed by atoms with Gasteiger partial charge in [-0.1, -0.05) is 0 Å². The fourth-order valence-electron chi connectivity index (χ4n) is 2.51. The van der Waals surface area contributed by atoms with Crippen molar-refractivity contribution in [3.05, 3.63) is 12.2 Å². The first-order valence-electron chi connectivity index (χ1n) is 7.24. The highest BCUT2D eigenvalue weighted by Gasteiger charge is 2.34. The third-order valence-electron chi connectivity index (χ3n) is 3.38. The zero-order valence-corrected chi connectivity index (χ0v) is 12.8. The van der Waals surface area contributed by atoms with Crippen LogP contribution in [-0.2, 0) is 22.6 Å². The summed E-state index contributed by atoms with van der Waals surface area (Å²) in [5, 5.41) is 4.17. The number of aryl methyl sites for hydroxylation is 1. The number of carbonyl (C=O) groups excluding carboxylic acids is 1. The second-order valence-corrected chi connectivity index (χ2v) is 6.15. The molecule has 1 saturated heterocycles. The molecule has 0 aliphatic carbocycles. The van der Waals surface area contributed by atoms with Crippen LogP contribution in [0.4, 0.5) is 0 Å². The Balaban J connectivity index is 2.02. The number of aromatic nitrogens is 3. The Kier molecular flexibility index (Phi) is 4.42. The summed E-state index contributed by atoms with van der Waals surface area (Å²) in [7, 11) is 0. The molecule has 0 radical (unpaired) electrons. The zero-order valence-electron chi connectivity index (χ0n) is 12.8. The van der Waals surface area contributed by atoms with Gasteiger partial charge in [-0.15, -0.1) is 0 Å². The summed E-state index contributed by atoms with van der Waals surface area (Å²) in [6.45, 7) is 10.1. The predicted molar refractivity (Wildman–Crippen MR) is 75.0 cm³/mol. The largest absolute Gasteiger partial charge is 0.459 e. The van der Waals surface area contributed by atoms with Gasteiger partial charge in [0.25, 0.3) is 0 Å². The monoisotopic (exact) mass is 280 g/mol. The van der Waals surface area contributed by atoms with Crippen LogP contribution in [0.15, 0.2) is 6.33 Å². The van der Waals surface area contributed by atoms with Gasteiger partial charge in [-0.3, -0.25) is 9.69 Å².